The molecular formula is C24H21N3O4. The van der Waals surface area contributed by atoms with Crippen molar-refractivity contribution >= 4 is 17.8 Å². The highest BCUT2D eigenvalue weighted by Crippen LogP contribution is 2.31. The lowest BCUT2D eigenvalue weighted by Gasteiger charge is -2.25. The van der Waals surface area contributed by atoms with Crippen LogP contribution in [0.25, 0.3) is 0 Å². The maximum Gasteiger partial charge on any atom is 0.344 e. The Bertz CT molecular complexity index is 1100. The number of carbonyl (C=O) groups is 3. The minimum absolute atomic E-state index is 0.287. The molecule has 7 nitrogen and oxygen atoms in total. The predicted octanol–water partition coefficient (Wildman–Crippen LogP) is 3.98. The molecule has 3 aromatic carbocycles. The molecule has 0 unspecified atom stereocenters. The molecular weight excluding hydrogens is 394 g/mol. The van der Waals surface area contributed by atoms with Crippen molar-refractivity contribution in [2.24, 2.45) is 0 Å². The maximum atomic E-state index is 13.1. The van der Waals surface area contributed by atoms with Crippen LogP contribution in [-0.4, -0.2) is 22.9 Å². The van der Waals surface area contributed by atoms with Crippen LogP contribution in [0.1, 0.15) is 29.3 Å². The average molecular weight is 415 g/mol. The van der Waals surface area contributed by atoms with E-state index in [4.69, 9.17) is 4.74 Å². The van der Waals surface area contributed by atoms with Crippen molar-refractivity contribution in [1.82, 2.24) is 15.8 Å². The molecule has 156 valence electrons. The van der Waals surface area contributed by atoms with Gasteiger partial charge in [0.25, 0.3) is 11.8 Å². The van der Waals surface area contributed by atoms with Crippen molar-refractivity contribution in [3.8, 4) is 11.5 Å². The lowest BCUT2D eigenvalue weighted by atomic mass is 9.87. The van der Waals surface area contributed by atoms with Crippen LogP contribution >= 0.6 is 0 Å². The van der Waals surface area contributed by atoms with E-state index in [1.54, 1.807) is 48.5 Å². The summed E-state index contributed by atoms with van der Waals surface area (Å²) < 4.78 is 5.71. The predicted molar refractivity (Wildman–Crippen MR) is 114 cm³/mol. The van der Waals surface area contributed by atoms with Crippen molar-refractivity contribution < 1.29 is 19.1 Å². The van der Waals surface area contributed by atoms with E-state index in [1.807, 2.05) is 43.3 Å². The van der Waals surface area contributed by atoms with Gasteiger partial charge in [0.1, 0.15) is 17.0 Å². The van der Waals surface area contributed by atoms with Gasteiger partial charge in [0.2, 0.25) is 0 Å². The van der Waals surface area contributed by atoms with Gasteiger partial charge in [0.15, 0.2) is 0 Å². The topological polar surface area (TPSA) is 87.7 Å². The number of ether oxygens (including phenoxy) is 1. The number of rotatable bonds is 6. The molecule has 1 aliphatic heterocycles. The van der Waals surface area contributed by atoms with Gasteiger partial charge in [-0.2, -0.15) is 5.01 Å². The van der Waals surface area contributed by atoms with E-state index in [2.05, 4.69) is 10.7 Å². The van der Waals surface area contributed by atoms with Crippen molar-refractivity contribution in [2.75, 3.05) is 0 Å². The quantitative estimate of drug-likeness (QED) is 0.596. The molecule has 31 heavy (non-hydrogen) atoms. The van der Waals surface area contributed by atoms with Crippen LogP contribution in [0.5, 0.6) is 11.5 Å². The summed E-state index contributed by atoms with van der Waals surface area (Å²) in [7, 11) is 0. The second-order valence-corrected chi connectivity index (χ2v) is 7.08. The van der Waals surface area contributed by atoms with Gasteiger partial charge in [-0.15, -0.1) is 0 Å². The first-order valence-corrected chi connectivity index (χ1v) is 9.89. The zero-order chi connectivity index (χ0) is 21.8. The van der Waals surface area contributed by atoms with E-state index >= 15 is 0 Å². The summed E-state index contributed by atoms with van der Waals surface area (Å²) in [4.78, 5) is 38.3. The third-order valence-electron chi connectivity index (χ3n) is 5.20. The Kier molecular flexibility index (Phi) is 5.41. The number of urea groups is 1. The number of para-hydroxylation sites is 1. The number of carbonyl (C=O) groups excluding carboxylic acids is 3. The fourth-order valence-corrected chi connectivity index (χ4v) is 3.50. The van der Waals surface area contributed by atoms with Gasteiger partial charge in [-0.3, -0.25) is 15.0 Å². The molecule has 1 fully saturated rings. The van der Waals surface area contributed by atoms with Crippen LogP contribution in [-0.2, 0) is 10.3 Å². The maximum absolute atomic E-state index is 13.1. The molecule has 0 aliphatic carbocycles. The molecule has 1 heterocycles. The molecule has 2 N–H and O–H groups in total. The molecule has 1 saturated heterocycles. The van der Waals surface area contributed by atoms with Crippen LogP contribution in [0, 0.1) is 0 Å². The van der Waals surface area contributed by atoms with E-state index in [0.717, 1.165) is 5.01 Å². The third-order valence-corrected chi connectivity index (χ3v) is 5.20. The number of hydrogen-bond acceptors (Lipinski definition) is 4. The monoisotopic (exact) mass is 415 g/mol. The fraction of sp³-hybridized carbons (Fsp3) is 0.125. The van der Waals surface area contributed by atoms with Crippen LogP contribution in [0.2, 0.25) is 0 Å². The molecule has 0 radical (unpaired) electrons. The minimum Gasteiger partial charge on any atom is -0.457 e. The van der Waals surface area contributed by atoms with E-state index in [-0.39, 0.29) is 5.56 Å². The Morgan fingerprint density at radius 1 is 0.903 bits per heavy atom. The molecule has 0 saturated carbocycles. The Morgan fingerprint density at radius 3 is 2.10 bits per heavy atom. The number of amides is 4. The zero-order valence-corrected chi connectivity index (χ0v) is 16.9. The van der Waals surface area contributed by atoms with Crippen LogP contribution < -0.4 is 15.5 Å². The van der Waals surface area contributed by atoms with E-state index in [0.29, 0.717) is 23.5 Å². The second kappa shape index (κ2) is 8.31. The zero-order valence-electron chi connectivity index (χ0n) is 16.9. The summed E-state index contributed by atoms with van der Waals surface area (Å²) in [6.07, 6.45) is 0.347. The van der Waals surface area contributed by atoms with Gasteiger partial charge in [0, 0.05) is 5.56 Å². The Labute approximate surface area is 179 Å². The first-order valence-electron chi connectivity index (χ1n) is 9.89. The van der Waals surface area contributed by atoms with Gasteiger partial charge >= 0.3 is 6.03 Å². The Hall–Kier alpha value is -4.13. The lowest BCUT2D eigenvalue weighted by molar-refractivity contribution is -0.133. The van der Waals surface area contributed by atoms with Crippen molar-refractivity contribution in [2.45, 2.75) is 18.9 Å². The van der Waals surface area contributed by atoms with E-state index in [9.17, 15) is 14.4 Å². The average Bonchev–Trinajstić information content (AvgIpc) is 3.06. The summed E-state index contributed by atoms with van der Waals surface area (Å²) in [5.74, 6) is 0.140. The molecule has 0 aromatic heterocycles. The first-order chi connectivity index (χ1) is 15.0. The van der Waals surface area contributed by atoms with E-state index < -0.39 is 23.4 Å². The summed E-state index contributed by atoms with van der Waals surface area (Å²) in [6.45, 7) is 1.81. The minimum atomic E-state index is -1.21. The molecule has 0 bridgehead atoms. The standard InChI is InChI=1S/C24H21N3O4/c1-2-24(18-9-5-3-6-10-18)22(29)27(23(30)25-24)26-21(28)17-13-15-20(16-14-17)31-19-11-7-4-8-12-19/h3-16H,2H2,1H3,(H,25,30)(H,26,28)/t24-/m0/s1. The fourth-order valence-electron chi connectivity index (χ4n) is 3.50. The van der Waals surface area contributed by atoms with Crippen molar-refractivity contribution in [3.05, 3.63) is 96.1 Å². The van der Waals surface area contributed by atoms with Crippen LogP contribution in [0.15, 0.2) is 84.9 Å². The van der Waals surface area contributed by atoms with Crippen molar-refractivity contribution in [1.29, 1.82) is 0 Å². The molecule has 1 aliphatic rings. The van der Waals surface area contributed by atoms with Gasteiger partial charge in [-0.25, -0.2) is 4.79 Å². The SMILES string of the molecule is CC[C@@]1(c2ccccc2)NC(=O)N(NC(=O)c2ccc(Oc3ccccc3)cc2)C1=O. The van der Waals surface area contributed by atoms with Crippen LogP contribution in [0.3, 0.4) is 0 Å². The summed E-state index contributed by atoms with van der Waals surface area (Å²) in [6, 6.07) is 24.0. The molecule has 0 spiro atoms. The number of imide groups is 1. The highest BCUT2D eigenvalue weighted by Gasteiger charge is 2.52. The molecule has 4 amide bonds. The summed E-state index contributed by atoms with van der Waals surface area (Å²) in [5, 5.41) is 3.47. The largest absolute Gasteiger partial charge is 0.457 e. The number of nitrogens with one attached hydrogen (secondary N) is 2. The molecule has 1 atom stereocenters. The number of benzene rings is 3. The highest BCUT2D eigenvalue weighted by molar-refractivity contribution is 6.09. The number of hydrazine groups is 1. The second-order valence-electron chi connectivity index (χ2n) is 7.08. The molecule has 7 heteroatoms. The Morgan fingerprint density at radius 2 is 1.48 bits per heavy atom. The van der Waals surface area contributed by atoms with Gasteiger partial charge in [-0.1, -0.05) is 55.5 Å². The first kappa shape index (κ1) is 20.2. The van der Waals surface area contributed by atoms with Crippen LogP contribution in [0.4, 0.5) is 4.79 Å². The third kappa shape index (κ3) is 3.85. The van der Waals surface area contributed by atoms with Gasteiger partial charge in [0.05, 0.1) is 0 Å². The number of nitrogens with zero attached hydrogens (tertiary/aromatic N) is 1. The van der Waals surface area contributed by atoms with Gasteiger partial charge < -0.3 is 10.1 Å². The molecule has 3 aromatic rings. The van der Waals surface area contributed by atoms with Gasteiger partial charge in [-0.05, 0) is 48.4 Å². The lowest BCUT2D eigenvalue weighted by Crippen LogP contribution is -2.48. The van der Waals surface area contributed by atoms with E-state index in [1.165, 1.54) is 0 Å². The summed E-state index contributed by atoms with van der Waals surface area (Å²) >= 11 is 0. The highest BCUT2D eigenvalue weighted by atomic mass is 16.5. The normalized spacial score (nSPS) is 17.9. The smallest absolute Gasteiger partial charge is 0.344 e. The Balaban J connectivity index is 1.48. The molecule has 4 rings (SSSR count). The van der Waals surface area contributed by atoms with Crippen molar-refractivity contribution in [3.63, 3.8) is 0 Å². The summed E-state index contributed by atoms with van der Waals surface area (Å²) in [5.41, 5.74) is 2.15. The number of hydrogen-bond donors (Lipinski definition) is 2.